The smallest absolute Gasteiger partial charge is 0.0240 e. The normalized spacial score (nSPS) is 11.2. The second kappa shape index (κ2) is 6.36. The van der Waals surface area contributed by atoms with Crippen LogP contribution in [0, 0.1) is 0 Å². The molecule has 2 rings (SSSR count). The van der Waals surface area contributed by atoms with Gasteiger partial charge < -0.3 is 0 Å². The summed E-state index contributed by atoms with van der Waals surface area (Å²) in [4.78, 5) is 2.49. The fraction of sp³-hybridized carbons (Fsp3) is 0.333. The first kappa shape index (κ1) is 12.8. The predicted molar refractivity (Wildman–Crippen MR) is 83.8 cm³/mol. The van der Waals surface area contributed by atoms with Crippen molar-refractivity contribution < 1.29 is 0 Å². The first-order valence-electron chi connectivity index (χ1n) is 6.10. The Hall–Kier alpha value is -0.610. The summed E-state index contributed by atoms with van der Waals surface area (Å²) in [5, 5.41) is 2.73. The first-order valence-corrected chi connectivity index (χ1v) is 7.62. The van der Waals surface area contributed by atoms with E-state index in [1.54, 1.807) is 0 Å². The Morgan fingerprint density at radius 1 is 1.06 bits per heavy atom. The molecule has 1 nitrogen and oxygen atoms in total. The number of alkyl halides is 1. The van der Waals surface area contributed by atoms with E-state index in [4.69, 9.17) is 0 Å². The average Bonchev–Trinajstić information content (AvgIpc) is 2.38. The van der Waals surface area contributed by atoms with Crippen molar-refractivity contribution >= 4 is 33.4 Å². The number of fused-ring (bicyclic) bond motifs is 1. The lowest BCUT2D eigenvalue weighted by molar-refractivity contribution is 0.301. The summed E-state index contributed by atoms with van der Waals surface area (Å²) < 4.78 is 1.19. The maximum Gasteiger partial charge on any atom is 0.0240 e. The van der Waals surface area contributed by atoms with Gasteiger partial charge in [-0.05, 0) is 22.9 Å². The lowest BCUT2D eigenvalue weighted by Gasteiger charge is -2.20. The average molecular weight is 339 g/mol. The van der Waals surface area contributed by atoms with Crippen molar-refractivity contribution in [3.8, 4) is 0 Å². The number of hydrogen-bond donors (Lipinski definition) is 0. The number of rotatable bonds is 5. The van der Waals surface area contributed by atoms with Crippen LogP contribution in [0.25, 0.3) is 10.8 Å². The molecule has 0 amide bonds. The van der Waals surface area contributed by atoms with Crippen molar-refractivity contribution in [3.63, 3.8) is 0 Å². The predicted octanol–water partition coefficient (Wildman–Crippen LogP) is 4.10. The van der Waals surface area contributed by atoms with E-state index in [1.807, 2.05) is 0 Å². The molecule has 0 spiro atoms. The van der Waals surface area contributed by atoms with Crippen LogP contribution in [0.1, 0.15) is 12.5 Å². The van der Waals surface area contributed by atoms with Gasteiger partial charge in [0, 0.05) is 17.5 Å². The lowest BCUT2D eigenvalue weighted by atomic mass is 10.0. The molecule has 0 aliphatic heterocycles. The topological polar surface area (TPSA) is 3.24 Å². The van der Waals surface area contributed by atoms with Crippen molar-refractivity contribution in [1.29, 1.82) is 0 Å². The summed E-state index contributed by atoms with van der Waals surface area (Å²) in [6.07, 6.45) is 0. The molecule has 0 unspecified atom stereocenters. The molecule has 2 aromatic carbocycles. The zero-order chi connectivity index (χ0) is 12.1. The van der Waals surface area contributed by atoms with Gasteiger partial charge in [-0.25, -0.2) is 0 Å². The Morgan fingerprint density at radius 2 is 1.82 bits per heavy atom. The van der Waals surface area contributed by atoms with E-state index in [1.165, 1.54) is 27.3 Å². The lowest BCUT2D eigenvalue weighted by Crippen LogP contribution is -2.24. The quantitative estimate of drug-likeness (QED) is 0.586. The van der Waals surface area contributed by atoms with Gasteiger partial charge in [0.1, 0.15) is 0 Å². The molecule has 0 saturated carbocycles. The number of hydrogen-bond acceptors (Lipinski definition) is 1. The van der Waals surface area contributed by atoms with Gasteiger partial charge in [0.2, 0.25) is 0 Å². The summed E-state index contributed by atoms with van der Waals surface area (Å²) in [6, 6.07) is 15.2. The van der Waals surface area contributed by atoms with E-state index in [-0.39, 0.29) is 0 Å². The Kier molecular flexibility index (Phi) is 4.80. The first-order chi connectivity index (χ1) is 8.35. The summed E-state index contributed by atoms with van der Waals surface area (Å²) in [6.45, 7) is 5.57. The maximum absolute atomic E-state index is 2.49. The highest BCUT2D eigenvalue weighted by molar-refractivity contribution is 14.1. The molecule has 0 saturated heterocycles. The molecular formula is C15H18IN. The Morgan fingerprint density at radius 3 is 2.59 bits per heavy atom. The molecular weight excluding hydrogens is 321 g/mol. The van der Waals surface area contributed by atoms with Gasteiger partial charge in [-0.1, -0.05) is 72.0 Å². The van der Waals surface area contributed by atoms with Gasteiger partial charge in [0.15, 0.2) is 0 Å². The Bertz CT molecular complexity index is 476. The second-order valence-corrected chi connectivity index (χ2v) is 5.27. The monoisotopic (exact) mass is 339 g/mol. The highest BCUT2D eigenvalue weighted by Crippen LogP contribution is 2.19. The zero-order valence-corrected chi connectivity index (χ0v) is 12.4. The standard InChI is InChI=1S/C15H18IN/c1-2-17(11-10-16)12-14-8-5-7-13-6-3-4-9-15(13)14/h3-9H,2,10-12H2,1H3. The van der Waals surface area contributed by atoms with Gasteiger partial charge in [0.05, 0.1) is 0 Å². The van der Waals surface area contributed by atoms with Gasteiger partial charge in [-0.15, -0.1) is 0 Å². The Labute approximate surface area is 117 Å². The molecule has 0 N–H and O–H groups in total. The van der Waals surface area contributed by atoms with Crippen molar-refractivity contribution in [2.45, 2.75) is 13.5 Å². The third-order valence-corrected chi connectivity index (χ3v) is 3.60. The van der Waals surface area contributed by atoms with E-state index >= 15 is 0 Å². The minimum absolute atomic E-state index is 1.06. The molecule has 0 radical (unpaired) electrons. The number of benzene rings is 2. The number of halogens is 1. The minimum Gasteiger partial charge on any atom is -0.299 e. The van der Waals surface area contributed by atoms with Gasteiger partial charge in [-0.2, -0.15) is 0 Å². The van der Waals surface area contributed by atoms with Crippen LogP contribution in [-0.2, 0) is 6.54 Å². The second-order valence-electron chi connectivity index (χ2n) is 4.20. The van der Waals surface area contributed by atoms with Crippen LogP contribution in [0.3, 0.4) is 0 Å². The van der Waals surface area contributed by atoms with E-state index in [0.717, 1.165) is 13.1 Å². The van der Waals surface area contributed by atoms with Crippen molar-refractivity contribution in [3.05, 3.63) is 48.0 Å². The molecule has 0 aromatic heterocycles. The van der Waals surface area contributed by atoms with Gasteiger partial charge in [-0.3, -0.25) is 4.90 Å². The maximum atomic E-state index is 2.49. The van der Waals surface area contributed by atoms with E-state index in [0.29, 0.717) is 0 Å². The highest BCUT2D eigenvalue weighted by Gasteiger charge is 2.05. The Balaban J connectivity index is 2.28. The molecule has 2 aromatic rings. The van der Waals surface area contributed by atoms with Crippen LogP contribution in [0.2, 0.25) is 0 Å². The molecule has 90 valence electrons. The summed E-state index contributed by atoms with van der Waals surface area (Å²) in [5.74, 6) is 0. The molecule has 0 aliphatic carbocycles. The molecule has 0 bridgehead atoms. The fourth-order valence-electron chi connectivity index (χ4n) is 2.14. The molecule has 0 aliphatic rings. The summed E-state index contributed by atoms with van der Waals surface area (Å²) >= 11 is 2.45. The largest absolute Gasteiger partial charge is 0.299 e. The summed E-state index contributed by atoms with van der Waals surface area (Å²) in [5.41, 5.74) is 1.44. The van der Waals surface area contributed by atoms with Gasteiger partial charge in [0.25, 0.3) is 0 Å². The fourth-order valence-corrected chi connectivity index (χ4v) is 2.82. The molecule has 2 heteroatoms. The summed E-state index contributed by atoms with van der Waals surface area (Å²) in [7, 11) is 0. The van der Waals surface area contributed by atoms with Crippen LogP contribution < -0.4 is 0 Å². The van der Waals surface area contributed by atoms with Crippen LogP contribution in [0.15, 0.2) is 42.5 Å². The SMILES string of the molecule is CCN(CCI)Cc1cccc2ccccc12. The zero-order valence-electron chi connectivity index (χ0n) is 10.2. The van der Waals surface area contributed by atoms with Crippen LogP contribution in [0.5, 0.6) is 0 Å². The van der Waals surface area contributed by atoms with Crippen LogP contribution >= 0.6 is 22.6 Å². The van der Waals surface area contributed by atoms with Crippen molar-refractivity contribution in [2.24, 2.45) is 0 Å². The van der Waals surface area contributed by atoms with Gasteiger partial charge >= 0.3 is 0 Å². The molecule has 17 heavy (non-hydrogen) atoms. The van der Waals surface area contributed by atoms with E-state index in [9.17, 15) is 0 Å². The van der Waals surface area contributed by atoms with Crippen LogP contribution in [-0.4, -0.2) is 22.4 Å². The van der Waals surface area contributed by atoms with Crippen molar-refractivity contribution in [2.75, 3.05) is 17.5 Å². The molecule has 0 fully saturated rings. The van der Waals surface area contributed by atoms with Crippen LogP contribution in [0.4, 0.5) is 0 Å². The van der Waals surface area contributed by atoms with E-state index < -0.39 is 0 Å². The minimum atomic E-state index is 1.06. The third kappa shape index (κ3) is 3.19. The highest BCUT2D eigenvalue weighted by atomic mass is 127. The van der Waals surface area contributed by atoms with Crippen molar-refractivity contribution in [1.82, 2.24) is 4.90 Å². The van der Waals surface area contributed by atoms with E-state index in [2.05, 4.69) is 76.9 Å². The molecule has 0 atom stereocenters. The molecule has 0 heterocycles. The number of nitrogens with zero attached hydrogens (tertiary/aromatic N) is 1. The third-order valence-electron chi connectivity index (χ3n) is 3.12.